The molecule has 0 aliphatic heterocycles. The van der Waals surface area contributed by atoms with Crippen molar-refractivity contribution in [2.75, 3.05) is 27.2 Å². The first kappa shape index (κ1) is 17.6. The number of aryl methyl sites for hydroxylation is 1. The predicted molar refractivity (Wildman–Crippen MR) is 82.7 cm³/mol. The van der Waals surface area contributed by atoms with E-state index in [9.17, 15) is 8.42 Å². The Morgan fingerprint density at radius 1 is 1.45 bits per heavy atom. The Bertz CT molecular complexity index is 524. The molecule has 0 spiro atoms. The van der Waals surface area contributed by atoms with Crippen LogP contribution in [0.15, 0.2) is 11.0 Å². The molecule has 1 N–H and O–H groups in total. The second-order valence-corrected chi connectivity index (χ2v) is 8.26. The quantitative estimate of drug-likeness (QED) is 0.794. The number of rotatable bonds is 8. The SMILES string of the molecule is CNCc1cc(S(=O)(=O)N(C)CCOC(C)C)c(C)s1. The highest BCUT2D eigenvalue weighted by Crippen LogP contribution is 2.27. The third-order valence-corrected chi connectivity index (χ3v) is 5.98. The Morgan fingerprint density at radius 3 is 2.65 bits per heavy atom. The van der Waals surface area contributed by atoms with Crippen molar-refractivity contribution < 1.29 is 13.2 Å². The molecule has 0 radical (unpaired) electrons. The van der Waals surface area contributed by atoms with Gasteiger partial charge in [0.05, 0.1) is 17.6 Å². The zero-order chi connectivity index (χ0) is 15.3. The lowest BCUT2D eigenvalue weighted by Gasteiger charge is -2.17. The minimum atomic E-state index is -3.43. The molecule has 0 saturated carbocycles. The van der Waals surface area contributed by atoms with E-state index in [0.29, 0.717) is 24.6 Å². The molecule has 1 rings (SSSR count). The summed E-state index contributed by atoms with van der Waals surface area (Å²) in [6, 6.07) is 1.76. The lowest BCUT2D eigenvalue weighted by Crippen LogP contribution is -2.31. The molecule has 0 fully saturated rings. The van der Waals surface area contributed by atoms with Gasteiger partial charge in [0.15, 0.2) is 0 Å². The van der Waals surface area contributed by atoms with E-state index in [0.717, 1.165) is 9.75 Å². The van der Waals surface area contributed by atoms with Crippen LogP contribution in [0, 0.1) is 6.92 Å². The third-order valence-electron chi connectivity index (χ3n) is 2.82. The van der Waals surface area contributed by atoms with Gasteiger partial charge in [-0.1, -0.05) is 0 Å². The summed E-state index contributed by atoms with van der Waals surface area (Å²) < 4.78 is 31.8. The van der Waals surface area contributed by atoms with Gasteiger partial charge in [-0.15, -0.1) is 11.3 Å². The minimum absolute atomic E-state index is 0.108. The molecule has 20 heavy (non-hydrogen) atoms. The number of sulfonamides is 1. The molecular formula is C13H24N2O3S2. The Morgan fingerprint density at radius 2 is 2.10 bits per heavy atom. The van der Waals surface area contributed by atoms with Gasteiger partial charge in [-0.05, 0) is 33.9 Å². The molecule has 116 valence electrons. The summed E-state index contributed by atoms with van der Waals surface area (Å²) in [5.41, 5.74) is 0. The fourth-order valence-electron chi connectivity index (χ4n) is 1.75. The van der Waals surface area contributed by atoms with Crippen LogP contribution in [0.3, 0.4) is 0 Å². The van der Waals surface area contributed by atoms with Crippen molar-refractivity contribution in [2.24, 2.45) is 0 Å². The van der Waals surface area contributed by atoms with E-state index in [4.69, 9.17) is 4.74 Å². The van der Waals surface area contributed by atoms with E-state index in [1.54, 1.807) is 13.1 Å². The highest BCUT2D eigenvalue weighted by molar-refractivity contribution is 7.89. The highest BCUT2D eigenvalue weighted by atomic mass is 32.2. The van der Waals surface area contributed by atoms with E-state index in [2.05, 4.69) is 5.32 Å². The fourth-order valence-corrected chi connectivity index (χ4v) is 4.51. The second-order valence-electron chi connectivity index (χ2n) is 4.91. The summed E-state index contributed by atoms with van der Waals surface area (Å²) in [6.45, 7) is 7.15. The summed E-state index contributed by atoms with van der Waals surface area (Å²) in [7, 11) is 0.00788. The van der Waals surface area contributed by atoms with Crippen LogP contribution < -0.4 is 5.32 Å². The molecule has 0 bridgehead atoms. The van der Waals surface area contributed by atoms with Gasteiger partial charge >= 0.3 is 0 Å². The number of thiophene rings is 1. The van der Waals surface area contributed by atoms with Gasteiger partial charge in [0.2, 0.25) is 10.0 Å². The van der Waals surface area contributed by atoms with Crippen molar-refractivity contribution >= 4 is 21.4 Å². The van der Waals surface area contributed by atoms with E-state index in [1.807, 2.05) is 27.8 Å². The molecule has 0 atom stereocenters. The van der Waals surface area contributed by atoms with Gasteiger partial charge in [0, 0.05) is 29.9 Å². The molecule has 0 amide bonds. The lowest BCUT2D eigenvalue weighted by atomic mass is 10.4. The average molecular weight is 320 g/mol. The molecule has 0 aliphatic carbocycles. The third kappa shape index (κ3) is 4.53. The van der Waals surface area contributed by atoms with Crippen LogP contribution in [0.25, 0.3) is 0 Å². The van der Waals surface area contributed by atoms with E-state index < -0.39 is 10.0 Å². The first-order valence-corrected chi connectivity index (χ1v) is 8.86. The molecule has 0 aliphatic rings. The molecule has 1 aromatic rings. The summed E-state index contributed by atoms with van der Waals surface area (Å²) in [4.78, 5) is 2.25. The van der Waals surface area contributed by atoms with Gasteiger partial charge in [0.25, 0.3) is 0 Å². The molecule has 1 heterocycles. The standard InChI is InChI=1S/C13H24N2O3S2/c1-10(2)18-7-6-15(5)20(16,17)13-8-12(9-14-4)19-11(13)3/h8,10,14H,6-7,9H2,1-5H3. The normalized spacial score (nSPS) is 12.6. The van der Waals surface area contributed by atoms with Crippen molar-refractivity contribution in [1.82, 2.24) is 9.62 Å². The average Bonchev–Trinajstić information content (AvgIpc) is 2.70. The molecule has 0 saturated heterocycles. The van der Waals surface area contributed by atoms with Crippen LogP contribution in [-0.2, 0) is 21.3 Å². The molecule has 1 aromatic heterocycles. The van der Waals surface area contributed by atoms with E-state index >= 15 is 0 Å². The maximum atomic E-state index is 12.5. The van der Waals surface area contributed by atoms with Crippen LogP contribution in [-0.4, -0.2) is 46.1 Å². The Kier molecular flexibility index (Phi) is 6.60. The zero-order valence-corrected chi connectivity index (χ0v) is 14.4. The van der Waals surface area contributed by atoms with Gasteiger partial charge < -0.3 is 10.1 Å². The molecule has 0 aromatic carbocycles. The van der Waals surface area contributed by atoms with E-state index in [1.165, 1.54) is 15.6 Å². The number of hydrogen-bond acceptors (Lipinski definition) is 5. The van der Waals surface area contributed by atoms with Crippen LogP contribution in [0.5, 0.6) is 0 Å². The van der Waals surface area contributed by atoms with Crippen molar-refractivity contribution in [3.63, 3.8) is 0 Å². The van der Waals surface area contributed by atoms with Gasteiger partial charge in [-0.25, -0.2) is 8.42 Å². The van der Waals surface area contributed by atoms with Crippen molar-refractivity contribution in [3.05, 3.63) is 15.8 Å². The zero-order valence-electron chi connectivity index (χ0n) is 12.8. The Hall–Kier alpha value is -0.470. The molecular weight excluding hydrogens is 296 g/mol. The van der Waals surface area contributed by atoms with Crippen molar-refractivity contribution in [1.29, 1.82) is 0 Å². The number of hydrogen-bond donors (Lipinski definition) is 1. The Labute approximate surface area is 126 Å². The van der Waals surface area contributed by atoms with E-state index in [-0.39, 0.29) is 6.10 Å². The largest absolute Gasteiger partial charge is 0.377 e. The first-order chi connectivity index (χ1) is 9.28. The Balaban J connectivity index is 2.81. The topological polar surface area (TPSA) is 58.6 Å². The highest BCUT2D eigenvalue weighted by Gasteiger charge is 2.24. The number of nitrogens with zero attached hydrogens (tertiary/aromatic N) is 1. The van der Waals surface area contributed by atoms with Gasteiger partial charge in [-0.2, -0.15) is 4.31 Å². The van der Waals surface area contributed by atoms with Crippen LogP contribution in [0.4, 0.5) is 0 Å². The van der Waals surface area contributed by atoms with Crippen LogP contribution in [0.2, 0.25) is 0 Å². The maximum absolute atomic E-state index is 12.5. The fraction of sp³-hybridized carbons (Fsp3) is 0.692. The smallest absolute Gasteiger partial charge is 0.244 e. The lowest BCUT2D eigenvalue weighted by molar-refractivity contribution is 0.0737. The minimum Gasteiger partial charge on any atom is -0.377 e. The summed E-state index contributed by atoms with van der Waals surface area (Å²) in [5, 5.41) is 3.03. The van der Waals surface area contributed by atoms with Crippen LogP contribution >= 0.6 is 11.3 Å². The summed E-state index contributed by atoms with van der Waals surface area (Å²) in [6.07, 6.45) is 0.108. The maximum Gasteiger partial charge on any atom is 0.244 e. The van der Waals surface area contributed by atoms with Crippen LogP contribution in [0.1, 0.15) is 23.6 Å². The molecule has 5 nitrogen and oxygen atoms in total. The number of likely N-dealkylation sites (N-methyl/N-ethyl adjacent to an activating group) is 1. The van der Waals surface area contributed by atoms with Gasteiger partial charge in [-0.3, -0.25) is 0 Å². The molecule has 0 unspecified atom stereocenters. The number of nitrogens with one attached hydrogen (secondary N) is 1. The van der Waals surface area contributed by atoms with Crippen molar-refractivity contribution in [2.45, 2.75) is 38.3 Å². The first-order valence-electron chi connectivity index (χ1n) is 6.61. The predicted octanol–water partition coefficient (Wildman–Crippen LogP) is 1.82. The van der Waals surface area contributed by atoms with Gasteiger partial charge in [0.1, 0.15) is 0 Å². The van der Waals surface area contributed by atoms with Crippen molar-refractivity contribution in [3.8, 4) is 0 Å². The monoisotopic (exact) mass is 320 g/mol. The summed E-state index contributed by atoms with van der Waals surface area (Å²) in [5.74, 6) is 0. The molecule has 7 heteroatoms. The second kappa shape index (κ2) is 7.51. The number of ether oxygens (including phenoxy) is 1. The summed E-state index contributed by atoms with van der Waals surface area (Å²) >= 11 is 1.51.